The monoisotopic (exact) mass is 306 g/mol. The highest BCUT2D eigenvalue weighted by Gasteiger charge is 2.30. The van der Waals surface area contributed by atoms with Crippen LogP contribution in [0.15, 0.2) is 4.99 Å². The van der Waals surface area contributed by atoms with E-state index in [4.69, 9.17) is 4.74 Å². The Labute approximate surface area is 110 Å². The third-order valence-corrected chi connectivity index (χ3v) is 5.79. The molecule has 0 spiro atoms. The van der Waals surface area contributed by atoms with E-state index in [9.17, 15) is 0 Å². The molecule has 2 aliphatic heterocycles. The van der Waals surface area contributed by atoms with Crippen LogP contribution in [0.5, 0.6) is 0 Å². The molecule has 0 amide bonds. The topological polar surface area (TPSA) is 24.8 Å². The van der Waals surface area contributed by atoms with Crippen molar-refractivity contribution in [1.29, 1.82) is 0 Å². The molecule has 3 nitrogen and oxygen atoms in total. The number of rotatable bonds is 2. The van der Waals surface area contributed by atoms with E-state index in [-0.39, 0.29) is 0 Å². The molecule has 5 heteroatoms. The summed E-state index contributed by atoms with van der Waals surface area (Å²) >= 11 is 5.43. The number of likely N-dealkylation sites (tertiary alicyclic amines) is 1. The van der Waals surface area contributed by atoms with Gasteiger partial charge >= 0.3 is 0 Å². The highest BCUT2D eigenvalue weighted by atomic mass is 79.9. The Balaban J connectivity index is 1.91. The van der Waals surface area contributed by atoms with Crippen molar-refractivity contribution < 1.29 is 4.74 Å². The van der Waals surface area contributed by atoms with Crippen LogP contribution in [0.25, 0.3) is 0 Å². The lowest BCUT2D eigenvalue weighted by molar-refractivity contribution is 0.0157. The average molecular weight is 307 g/mol. The molecule has 16 heavy (non-hydrogen) atoms. The summed E-state index contributed by atoms with van der Waals surface area (Å²) in [5.41, 5.74) is 0. The van der Waals surface area contributed by atoms with E-state index >= 15 is 0 Å². The molecule has 0 aromatic carbocycles. The highest BCUT2D eigenvalue weighted by Crippen LogP contribution is 2.28. The third-order valence-electron chi connectivity index (χ3n) is 3.34. The zero-order valence-corrected chi connectivity index (χ0v) is 12.3. The Bertz CT molecular complexity index is 275. The van der Waals surface area contributed by atoms with Crippen LogP contribution in [0.3, 0.4) is 0 Å². The van der Waals surface area contributed by atoms with Crippen molar-refractivity contribution in [3.05, 3.63) is 0 Å². The molecule has 1 saturated heterocycles. The van der Waals surface area contributed by atoms with E-state index in [1.807, 2.05) is 18.9 Å². The molecule has 0 aliphatic carbocycles. The van der Waals surface area contributed by atoms with Crippen molar-refractivity contribution >= 4 is 32.9 Å². The summed E-state index contributed by atoms with van der Waals surface area (Å²) in [6, 6.07) is 0. The Morgan fingerprint density at radius 3 is 3.06 bits per heavy atom. The Hall–Kier alpha value is 0.260. The largest absolute Gasteiger partial charge is 0.379 e. The first kappa shape index (κ1) is 12.7. The number of nitrogens with zero attached hydrogens (tertiary/aromatic N) is 2. The van der Waals surface area contributed by atoms with Gasteiger partial charge in [-0.15, -0.1) is 0 Å². The van der Waals surface area contributed by atoms with E-state index in [1.165, 1.54) is 11.6 Å². The number of hydrogen-bond donors (Lipinski definition) is 0. The zero-order valence-electron chi connectivity index (χ0n) is 9.86. The summed E-state index contributed by atoms with van der Waals surface area (Å²) in [5.74, 6) is 0.667. The summed E-state index contributed by atoms with van der Waals surface area (Å²) in [4.78, 5) is 7.02. The van der Waals surface area contributed by atoms with Crippen LogP contribution in [-0.2, 0) is 4.74 Å². The molecule has 92 valence electrons. The fourth-order valence-electron chi connectivity index (χ4n) is 2.17. The number of thioether (sulfide) groups is 1. The number of hydrogen-bond acceptors (Lipinski definition) is 4. The lowest BCUT2D eigenvalue weighted by Gasteiger charge is -2.37. The predicted molar refractivity (Wildman–Crippen MR) is 73.6 cm³/mol. The molecule has 0 radical (unpaired) electrons. The molecular formula is C11H19BrN2OS. The first-order valence-corrected chi connectivity index (χ1v) is 7.79. The van der Waals surface area contributed by atoms with Gasteiger partial charge in [-0.05, 0) is 12.3 Å². The van der Waals surface area contributed by atoms with E-state index in [0.717, 1.165) is 25.0 Å². The van der Waals surface area contributed by atoms with Gasteiger partial charge in [0.25, 0.3) is 0 Å². The van der Waals surface area contributed by atoms with Gasteiger partial charge in [0.2, 0.25) is 0 Å². The fourth-order valence-corrected chi connectivity index (χ4v) is 3.75. The van der Waals surface area contributed by atoms with Crippen molar-refractivity contribution in [2.45, 2.75) is 24.7 Å². The van der Waals surface area contributed by atoms with E-state index < -0.39 is 0 Å². The molecule has 2 aliphatic rings. The van der Waals surface area contributed by atoms with Gasteiger partial charge in [0, 0.05) is 30.8 Å². The van der Waals surface area contributed by atoms with Crippen LogP contribution in [0.4, 0.5) is 0 Å². The quantitative estimate of drug-likeness (QED) is 0.731. The SMILES string of the molecule is COC1CN(C2=NCC(CBr)S2)CCC1C. The molecule has 0 bridgehead atoms. The highest BCUT2D eigenvalue weighted by molar-refractivity contribution is 9.09. The molecule has 0 aromatic rings. The van der Waals surface area contributed by atoms with Crippen molar-refractivity contribution in [2.75, 3.05) is 32.1 Å². The number of alkyl halides is 1. The molecule has 0 N–H and O–H groups in total. The average Bonchev–Trinajstić information content (AvgIpc) is 2.78. The molecule has 0 aromatic heterocycles. The van der Waals surface area contributed by atoms with Gasteiger partial charge in [0.1, 0.15) is 0 Å². The van der Waals surface area contributed by atoms with Crippen LogP contribution >= 0.6 is 27.7 Å². The van der Waals surface area contributed by atoms with Crippen molar-refractivity contribution in [3.8, 4) is 0 Å². The van der Waals surface area contributed by atoms with Crippen molar-refractivity contribution in [2.24, 2.45) is 10.9 Å². The maximum absolute atomic E-state index is 5.53. The predicted octanol–water partition coefficient (Wildman–Crippen LogP) is 2.21. The van der Waals surface area contributed by atoms with Gasteiger partial charge in [-0.1, -0.05) is 34.6 Å². The maximum atomic E-state index is 5.53. The minimum absolute atomic E-state index is 0.361. The second-order valence-electron chi connectivity index (χ2n) is 4.50. The van der Waals surface area contributed by atoms with E-state index in [2.05, 4.69) is 32.7 Å². The Morgan fingerprint density at radius 1 is 1.62 bits per heavy atom. The van der Waals surface area contributed by atoms with Crippen LogP contribution < -0.4 is 0 Å². The standard InChI is InChI=1S/C11H19BrN2OS/c1-8-3-4-14(7-10(8)15-2)11-13-6-9(5-12)16-11/h8-10H,3-7H2,1-2H3. The minimum atomic E-state index is 0.361. The molecular weight excluding hydrogens is 288 g/mol. The number of ether oxygens (including phenoxy) is 1. The van der Waals surface area contributed by atoms with E-state index in [0.29, 0.717) is 17.3 Å². The van der Waals surface area contributed by atoms with Gasteiger partial charge in [-0.3, -0.25) is 4.99 Å². The second kappa shape index (κ2) is 5.74. The van der Waals surface area contributed by atoms with E-state index in [1.54, 1.807) is 0 Å². The van der Waals surface area contributed by atoms with Crippen LogP contribution in [0.1, 0.15) is 13.3 Å². The van der Waals surface area contributed by atoms with Crippen molar-refractivity contribution in [3.63, 3.8) is 0 Å². The smallest absolute Gasteiger partial charge is 0.159 e. The molecule has 1 fully saturated rings. The van der Waals surface area contributed by atoms with Gasteiger partial charge < -0.3 is 9.64 Å². The number of amidine groups is 1. The second-order valence-corrected chi connectivity index (χ2v) is 6.42. The zero-order chi connectivity index (χ0) is 11.5. The molecule has 2 rings (SSSR count). The molecule has 2 heterocycles. The normalized spacial score (nSPS) is 35.3. The summed E-state index contributed by atoms with van der Waals surface area (Å²) in [6.07, 6.45) is 1.57. The first-order valence-electron chi connectivity index (χ1n) is 5.79. The number of methoxy groups -OCH3 is 1. The summed E-state index contributed by atoms with van der Waals surface area (Å²) in [7, 11) is 1.82. The molecule has 3 atom stereocenters. The lowest BCUT2D eigenvalue weighted by atomic mass is 9.96. The van der Waals surface area contributed by atoms with Gasteiger partial charge in [-0.25, -0.2) is 0 Å². The lowest BCUT2D eigenvalue weighted by Crippen LogP contribution is -2.45. The summed E-state index contributed by atoms with van der Waals surface area (Å²) in [6.45, 7) is 5.35. The summed E-state index contributed by atoms with van der Waals surface area (Å²) < 4.78 is 5.53. The maximum Gasteiger partial charge on any atom is 0.159 e. The Morgan fingerprint density at radius 2 is 2.44 bits per heavy atom. The number of aliphatic imine (C=N–C) groups is 1. The fraction of sp³-hybridized carbons (Fsp3) is 0.909. The number of halogens is 1. The first-order chi connectivity index (χ1) is 7.74. The molecule has 0 saturated carbocycles. The van der Waals surface area contributed by atoms with Gasteiger partial charge in [0.15, 0.2) is 5.17 Å². The number of piperidine rings is 1. The Kier molecular flexibility index (Phi) is 4.56. The summed E-state index contributed by atoms with van der Waals surface area (Å²) in [5, 5.41) is 2.87. The third kappa shape index (κ3) is 2.74. The van der Waals surface area contributed by atoms with Crippen LogP contribution in [-0.4, -0.2) is 53.5 Å². The van der Waals surface area contributed by atoms with Gasteiger partial charge in [-0.2, -0.15) is 0 Å². The van der Waals surface area contributed by atoms with Crippen LogP contribution in [0, 0.1) is 5.92 Å². The minimum Gasteiger partial charge on any atom is -0.379 e. The molecule has 3 unspecified atom stereocenters. The van der Waals surface area contributed by atoms with Crippen LogP contribution in [0.2, 0.25) is 0 Å². The van der Waals surface area contributed by atoms with Crippen molar-refractivity contribution in [1.82, 2.24) is 4.90 Å². The van der Waals surface area contributed by atoms with Gasteiger partial charge in [0.05, 0.1) is 12.6 Å².